The first-order chi connectivity index (χ1) is 9.02. The molecule has 0 fully saturated rings. The van der Waals surface area contributed by atoms with Crippen molar-refractivity contribution in [3.05, 3.63) is 41.5 Å². The van der Waals surface area contributed by atoms with Crippen molar-refractivity contribution < 1.29 is 19.1 Å². The highest BCUT2D eigenvalue weighted by Gasteiger charge is 2.19. The summed E-state index contributed by atoms with van der Waals surface area (Å²) < 4.78 is 10.1. The maximum atomic E-state index is 11.1. The minimum Gasteiger partial charge on any atom is -0.421 e. The standard InChI is InChI=1S/C15H18O4/c1-4-14(10-13-8-6-5-7-9-13)15(18-11(2)16)19-12(3)17/h5-10,15H,4H2,1-3H3. The van der Waals surface area contributed by atoms with Gasteiger partial charge in [0.2, 0.25) is 0 Å². The first kappa shape index (κ1) is 15.0. The lowest BCUT2D eigenvalue weighted by Crippen LogP contribution is -2.24. The number of esters is 2. The van der Waals surface area contributed by atoms with Crippen molar-refractivity contribution in [2.75, 3.05) is 0 Å². The quantitative estimate of drug-likeness (QED) is 0.604. The largest absolute Gasteiger partial charge is 0.421 e. The van der Waals surface area contributed by atoms with E-state index in [4.69, 9.17) is 9.47 Å². The first-order valence-corrected chi connectivity index (χ1v) is 6.13. The van der Waals surface area contributed by atoms with E-state index in [1.54, 1.807) is 0 Å². The average Bonchev–Trinajstić information content (AvgIpc) is 2.35. The molecule has 4 nitrogen and oxygen atoms in total. The zero-order chi connectivity index (χ0) is 14.3. The van der Waals surface area contributed by atoms with Gasteiger partial charge in [0, 0.05) is 19.4 Å². The van der Waals surface area contributed by atoms with Crippen LogP contribution >= 0.6 is 0 Å². The van der Waals surface area contributed by atoms with Gasteiger partial charge in [0.05, 0.1) is 0 Å². The summed E-state index contributed by atoms with van der Waals surface area (Å²) in [6, 6.07) is 9.58. The van der Waals surface area contributed by atoms with Crippen LogP contribution in [-0.2, 0) is 19.1 Å². The summed E-state index contributed by atoms with van der Waals surface area (Å²) in [4.78, 5) is 22.1. The maximum absolute atomic E-state index is 11.1. The van der Waals surface area contributed by atoms with E-state index < -0.39 is 18.2 Å². The molecule has 0 heterocycles. The Morgan fingerprint density at radius 2 is 1.63 bits per heavy atom. The molecule has 1 aromatic rings. The van der Waals surface area contributed by atoms with Crippen LogP contribution in [0.25, 0.3) is 6.08 Å². The minimum absolute atomic E-state index is 0.487. The fraction of sp³-hybridized carbons (Fsp3) is 0.333. The molecule has 0 aliphatic carbocycles. The molecule has 19 heavy (non-hydrogen) atoms. The highest BCUT2D eigenvalue weighted by molar-refractivity contribution is 5.69. The number of carbonyl (C=O) groups is 2. The molecule has 1 aromatic carbocycles. The van der Waals surface area contributed by atoms with Crippen LogP contribution in [0.15, 0.2) is 35.9 Å². The number of hydrogen-bond donors (Lipinski definition) is 0. The van der Waals surface area contributed by atoms with Crippen molar-refractivity contribution in [1.82, 2.24) is 0 Å². The zero-order valence-electron chi connectivity index (χ0n) is 11.4. The van der Waals surface area contributed by atoms with Crippen molar-refractivity contribution in [2.24, 2.45) is 0 Å². The van der Waals surface area contributed by atoms with Gasteiger partial charge in [-0.25, -0.2) is 0 Å². The molecular formula is C15H18O4. The summed E-state index contributed by atoms with van der Waals surface area (Å²) in [5.74, 6) is -0.975. The fourth-order valence-electron chi connectivity index (χ4n) is 1.58. The first-order valence-electron chi connectivity index (χ1n) is 6.13. The van der Waals surface area contributed by atoms with Crippen molar-refractivity contribution in [3.63, 3.8) is 0 Å². The summed E-state index contributed by atoms with van der Waals surface area (Å²) in [5.41, 5.74) is 1.69. The van der Waals surface area contributed by atoms with Crippen LogP contribution in [0.2, 0.25) is 0 Å². The lowest BCUT2D eigenvalue weighted by atomic mass is 10.1. The Hall–Kier alpha value is -2.10. The zero-order valence-corrected chi connectivity index (χ0v) is 11.4. The van der Waals surface area contributed by atoms with Crippen molar-refractivity contribution in [2.45, 2.75) is 33.5 Å². The predicted molar refractivity (Wildman–Crippen MR) is 72.0 cm³/mol. The van der Waals surface area contributed by atoms with E-state index in [0.29, 0.717) is 6.42 Å². The van der Waals surface area contributed by atoms with Crippen LogP contribution in [0.5, 0.6) is 0 Å². The summed E-state index contributed by atoms with van der Waals surface area (Å²) in [7, 11) is 0. The van der Waals surface area contributed by atoms with Crippen molar-refractivity contribution in [3.8, 4) is 0 Å². The van der Waals surface area contributed by atoms with Crippen molar-refractivity contribution >= 4 is 18.0 Å². The van der Waals surface area contributed by atoms with Crippen LogP contribution in [-0.4, -0.2) is 18.2 Å². The van der Waals surface area contributed by atoms with E-state index in [9.17, 15) is 9.59 Å². The number of carbonyl (C=O) groups excluding carboxylic acids is 2. The van der Waals surface area contributed by atoms with Gasteiger partial charge in [0.1, 0.15) is 0 Å². The Morgan fingerprint density at radius 3 is 2.05 bits per heavy atom. The maximum Gasteiger partial charge on any atom is 0.305 e. The third-order valence-corrected chi connectivity index (χ3v) is 2.41. The molecule has 0 unspecified atom stereocenters. The Labute approximate surface area is 113 Å². The highest BCUT2D eigenvalue weighted by Crippen LogP contribution is 2.17. The molecule has 0 aromatic heterocycles. The minimum atomic E-state index is -0.958. The average molecular weight is 262 g/mol. The second-order valence-electron chi connectivity index (χ2n) is 4.03. The fourth-order valence-corrected chi connectivity index (χ4v) is 1.58. The Bertz CT molecular complexity index is 446. The number of hydrogen-bond acceptors (Lipinski definition) is 4. The molecule has 0 N–H and O–H groups in total. The molecule has 0 spiro atoms. The van der Waals surface area contributed by atoms with Gasteiger partial charge < -0.3 is 9.47 Å². The number of rotatable bonds is 5. The lowest BCUT2D eigenvalue weighted by Gasteiger charge is -2.19. The number of ether oxygens (including phenoxy) is 2. The summed E-state index contributed by atoms with van der Waals surface area (Å²) in [6.07, 6.45) is 1.51. The van der Waals surface area contributed by atoms with Crippen LogP contribution in [0.3, 0.4) is 0 Å². The van der Waals surface area contributed by atoms with Crippen LogP contribution in [0, 0.1) is 0 Å². The smallest absolute Gasteiger partial charge is 0.305 e. The second kappa shape index (κ2) is 7.36. The Kier molecular flexibility index (Phi) is 5.79. The molecule has 0 amide bonds. The van der Waals surface area contributed by atoms with E-state index in [1.165, 1.54) is 13.8 Å². The molecule has 0 radical (unpaired) electrons. The van der Waals surface area contributed by atoms with Crippen molar-refractivity contribution in [1.29, 1.82) is 0 Å². The molecule has 0 saturated heterocycles. The van der Waals surface area contributed by atoms with Gasteiger partial charge in [-0.05, 0) is 18.1 Å². The molecule has 0 saturated carbocycles. The molecule has 0 bridgehead atoms. The van der Waals surface area contributed by atoms with E-state index in [2.05, 4.69) is 0 Å². The molecule has 0 atom stereocenters. The molecule has 1 rings (SSSR count). The molecule has 102 valence electrons. The Balaban J connectivity index is 2.98. The van der Waals surface area contributed by atoms with E-state index >= 15 is 0 Å². The predicted octanol–water partition coefficient (Wildman–Crippen LogP) is 2.93. The van der Waals surface area contributed by atoms with Gasteiger partial charge in [-0.3, -0.25) is 9.59 Å². The third-order valence-electron chi connectivity index (χ3n) is 2.41. The molecule has 0 aliphatic heterocycles. The summed E-state index contributed by atoms with van der Waals surface area (Å²) in [6.45, 7) is 4.48. The highest BCUT2D eigenvalue weighted by atomic mass is 16.7. The Morgan fingerprint density at radius 1 is 1.11 bits per heavy atom. The van der Waals surface area contributed by atoms with E-state index in [0.717, 1.165) is 11.1 Å². The van der Waals surface area contributed by atoms with Crippen LogP contribution < -0.4 is 0 Å². The van der Waals surface area contributed by atoms with Gasteiger partial charge in [0.15, 0.2) is 0 Å². The van der Waals surface area contributed by atoms with E-state index in [-0.39, 0.29) is 0 Å². The summed E-state index contributed by atoms with van der Waals surface area (Å²) in [5, 5.41) is 0. The molecule has 0 aliphatic rings. The number of benzene rings is 1. The van der Waals surface area contributed by atoms with Gasteiger partial charge >= 0.3 is 11.9 Å². The van der Waals surface area contributed by atoms with Gasteiger partial charge in [-0.15, -0.1) is 0 Å². The molecule has 4 heteroatoms. The lowest BCUT2D eigenvalue weighted by molar-refractivity contribution is -0.178. The van der Waals surface area contributed by atoms with E-state index in [1.807, 2.05) is 43.3 Å². The topological polar surface area (TPSA) is 52.6 Å². The normalized spacial score (nSPS) is 11.3. The summed E-state index contributed by atoms with van der Waals surface area (Å²) >= 11 is 0. The second-order valence-corrected chi connectivity index (χ2v) is 4.03. The van der Waals surface area contributed by atoms with Gasteiger partial charge in [-0.2, -0.15) is 0 Å². The van der Waals surface area contributed by atoms with Crippen LogP contribution in [0.4, 0.5) is 0 Å². The SMILES string of the molecule is CCC(=Cc1ccccc1)C(OC(C)=O)OC(C)=O. The third kappa shape index (κ3) is 5.38. The van der Waals surface area contributed by atoms with Crippen LogP contribution in [0.1, 0.15) is 32.8 Å². The molecular weight excluding hydrogens is 244 g/mol. The monoisotopic (exact) mass is 262 g/mol. The van der Waals surface area contributed by atoms with Gasteiger partial charge in [0.25, 0.3) is 6.29 Å². The van der Waals surface area contributed by atoms with Gasteiger partial charge in [-0.1, -0.05) is 37.3 Å².